The standard InChI is InChI=1S/C23H21FN4O3S2/c1-14-21(33-20(25-14)13-31-17-5-2-15(24)3-6-17)22(29)26-16-4-7-18-19(12-16)32-23(27-18)28-8-10-30-11-9-28/h2-7,12H,8-11,13H2,1H3,(H,26,29). The molecule has 4 aromatic rings. The van der Waals surface area contributed by atoms with Gasteiger partial charge < -0.3 is 19.7 Å². The number of hydrogen-bond acceptors (Lipinski definition) is 8. The molecular formula is C23H21FN4O3S2. The van der Waals surface area contributed by atoms with E-state index in [4.69, 9.17) is 14.5 Å². The molecule has 0 unspecified atom stereocenters. The predicted molar refractivity (Wildman–Crippen MR) is 128 cm³/mol. The van der Waals surface area contributed by atoms with Gasteiger partial charge in [-0.2, -0.15) is 0 Å². The van der Waals surface area contributed by atoms with E-state index in [1.54, 1.807) is 30.4 Å². The van der Waals surface area contributed by atoms with E-state index in [1.165, 1.54) is 23.5 Å². The van der Waals surface area contributed by atoms with Gasteiger partial charge >= 0.3 is 0 Å². The second kappa shape index (κ2) is 9.42. The van der Waals surface area contributed by atoms with Crippen molar-refractivity contribution in [2.45, 2.75) is 13.5 Å². The van der Waals surface area contributed by atoms with Gasteiger partial charge in [0.05, 0.1) is 29.1 Å². The largest absolute Gasteiger partial charge is 0.486 e. The number of fused-ring (bicyclic) bond motifs is 1. The molecule has 0 saturated carbocycles. The Bertz CT molecular complexity index is 1280. The molecule has 0 aliphatic carbocycles. The molecule has 7 nitrogen and oxygen atoms in total. The predicted octanol–water partition coefficient (Wildman–Crippen LogP) is 4.87. The molecule has 3 heterocycles. The van der Waals surface area contributed by atoms with Gasteiger partial charge in [0.25, 0.3) is 5.91 Å². The van der Waals surface area contributed by atoms with Crippen LogP contribution in [0.3, 0.4) is 0 Å². The summed E-state index contributed by atoms with van der Waals surface area (Å²) in [4.78, 5) is 24.8. The molecule has 2 aromatic heterocycles. The highest BCUT2D eigenvalue weighted by molar-refractivity contribution is 7.22. The quantitative estimate of drug-likeness (QED) is 0.421. The van der Waals surface area contributed by atoms with Crippen LogP contribution in [0, 0.1) is 12.7 Å². The molecule has 170 valence electrons. The Labute approximate surface area is 197 Å². The van der Waals surface area contributed by atoms with Gasteiger partial charge in [0.2, 0.25) is 0 Å². The highest BCUT2D eigenvalue weighted by Gasteiger charge is 2.18. The Balaban J connectivity index is 1.26. The highest BCUT2D eigenvalue weighted by Crippen LogP contribution is 2.31. The van der Waals surface area contributed by atoms with Crippen molar-refractivity contribution in [1.82, 2.24) is 9.97 Å². The molecule has 2 aromatic carbocycles. The fourth-order valence-electron chi connectivity index (χ4n) is 3.47. The average Bonchev–Trinajstić information content (AvgIpc) is 3.42. The van der Waals surface area contributed by atoms with Gasteiger partial charge in [0.1, 0.15) is 28.1 Å². The van der Waals surface area contributed by atoms with E-state index in [9.17, 15) is 9.18 Å². The first-order chi connectivity index (χ1) is 16.0. The van der Waals surface area contributed by atoms with Crippen molar-refractivity contribution in [3.05, 3.63) is 63.9 Å². The lowest BCUT2D eigenvalue weighted by Gasteiger charge is -2.25. The SMILES string of the molecule is Cc1nc(COc2ccc(F)cc2)sc1C(=O)Nc1ccc2nc(N3CCOCC3)sc2c1. The van der Waals surface area contributed by atoms with Crippen molar-refractivity contribution >= 4 is 49.6 Å². The van der Waals surface area contributed by atoms with Crippen LogP contribution >= 0.6 is 22.7 Å². The molecule has 0 bridgehead atoms. The number of nitrogens with zero attached hydrogens (tertiary/aromatic N) is 3. The molecule has 10 heteroatoms. The number of rotatable bonds is 6. The van der Waals surface area contributed by atoms with Crippen LogP contribution in [0.25, 0.3) is 10.2 Å². The summed E-state index contributed by atoms with van der Waals surface area (Å²) in [5.74, 6) is 0.0140. The number of nitrogens with one attached hydrogen (secondary N) is 1. The van der Waals surface area contributed by atoms with Gasteiger partial charge in [-0.25, -0.2) is 14.4 Å². The van der Waals surface area contributed by atoms with Crippen LogP contribution in [0.15, 0.2) is 42.5 Å². The van der Waals surface area contributed by atoms with E-state index in [1.807, 2.05) is 18.2 Å². The lowest BCUT2D eigenvalue weighted by Crippen LogP contribution is -2.36. The number of benzene rings is 2. The molecule has 33 heavy (non-hydrogen) atoms. The smallest absolute Gasteiger partial charge is 0.267 e. The second-order valence-electron chi connectivity index (χ2n) is 7.50. The fourth-order valence-corrected chi connectivity index (χ4v) is 5.40. The minimum atomic E-state index is -0.319. The topological polar surface area (TPSA) is 76.6 Å². The van der Waals surface area contributed by atoms with Crippen LogP contribution in [0.5, 0.6) is 5.75 Å². The maximum absolute atomic E-state index is 13.0. The summed E-state index contributed by atoms with van der Waals surface area (Å²) in [5, 5.41) is 4.62. The van der Waals surface area contributed by atoms with Crippen molar-refractivity contribution in [2.75, 3.05) is 36.5 Å². The maximum Gasteiger partial charge on any atom is 0.267 e. The number of anilines is 2. The molecule has 1 N–H and O–H groups in total. The zero-order valence-electron chi connectivity index (χ0n) is 17.8. The maximum atomic E-state index is 13.0. The monoisotopic (exact) mass is 484 g/mol. The Hall–Kier alpha value is -3.08. The summed E-state index contributed by atoms with van der Waals surface area (Å²) in [5.41, 5.74) is 2.26. The first kappa shape index (κ1) is 21.7. The second-order valence-corrected chi connectivity index (χ2v) is 9.59. The number of halogens is 1. The molecule has 1 saturated heterocycles. The Morgan fingerprint density at radius 3 is 2.73 bits per heavy atom. The van der Waals surface area contributed by atoms with Gasteiger partial charge in [0, 0.05) is 18.8 Å². The molecule has 1 amide bonds. The number of carbonyl (C=O) groups is 1. The number of hydrogen-bond donors (Lipinski definition) is 1. The molecule has 5 rings (SSSR count). The van der Waals surface area contributed by atoms with Crippen LogP contribution in [0.4, 0.5) is 15.2 Å². The third-order valence-electron chi connectivity index (χ3n) is 5.14. The summed E-state index contributed by atoms with van der Waals surface area (Å²) in [6.45, 7) is 5.10. The molecule has 0 radical (unpaired) electrons. The van der Waals surface area contributed by atoms with Crippen LogP contribution in [0.2, 0.25) is 0 Å². The molecular weight excluding hydrogens is 463 g/mol. The highest BCUT2D eigenvalue weighted by atomic mass is 32.1. The van der Waals surface area contributed by atoms with E-state index in [0.29, 0.717) is 40.2 Å². The number of aromatic nitrogens is 2. The minimum absolute atomic E-state index is 0.210. The summed E-state index contributed by atoms with van der Waals surface area (Å²) in [6, 6.07) is 11.5. The van der Waals surface area contributed by atoms with E-state index < -0.39 is 0 Å². The lowest BCUT2D eigenvalue weighted by molar-refractivity contribution is 0.103. The van der Waals surface area contributed by atoms with Crippen molar-refractivity contribution in [3.8, 4) is 5.75 Å². The van der Waals surface area contributed by atoms with Crippen molar-refractivity contribution in [3.63, 3.8) is 0 Å². The summed E-state index contributed by atoms with van der Waals surface area (Å²) in [7, 11) is 0. The Morgan fingerprint density at radius 1 is 1.15 bits per heavy atom. The van der Waals surface area contributed by atoms with Crippen molar-refractivity contribution in [2.24, 2.45) is 0 Å². The molecule has 0 spiro atoms. The number of amides is 1. The van der Waals surface area contributed by atoms with Crippen molar-refractivity contribution < 1.29 is 18.7 Å². The zero-order valence-corrected chi connectivity index (χ0v) is 19.5. The van der Waals surface area contributed by atoms with Gasteiger partial charge in [-0.3, -0.25) is 4.79 Å². The molecule has 1 fully saturated rings. The molecule has 1 aliphatic heterocycles. The number of aryl methyl sites for hydroxylation is 1. The van der Waals surface area contributed by atoms with E-state index in [-0.39, 0.29) is 18.3 Å². The third-order valence-corrected chi connectivity index (χ3v) is 7.35. The lowest BCUT2D eigenvalue weighted by atomic mass is 10.3. The third kappa shape index (κ3) is 4.97. The summed E-state index contributed by atoms with van der Waals surface area (Å²) in [6.07, 6.45) is 0. The zero-order chi connectivity index (χ0) is 22.8. The first-order valence-corrected chi connectivity index (χ1v) is 12.1. The van der Waals surface area contributed by atoms with Crippen LogP contribution in [0.1, 0.15) is 20.4 Å². The summed E-state index contributed by atoms with van der Waals surface area (Å²) < 4.78 is 25.1. The number of carbonyl (C=O) groups excluding carboxylic acids is 1. The van der Waals surface area contributed by atoms with Gasteiger partial charge in [-0.05, 0) is 49.4 Å². The van der Waals surface area contributed by atoms with E-state index in [2.05, 4.69) is 15.2 Å². The normalized spacial score (nSPS) is 13.9. The first-order valence-electron chi connectivity index (χ1n) is 10.4. The number of thiazole rings is 2. The van der Waals surface area contributed by atoms with Crippen LogP contribution in [-0.4, -0.2) is 42.2 Å². The van der Waals surface area contributed by atoms with E-state index >= 15 is 0 Å². The van der Waals surface area contributed by atoms with Gasteiger partial charge in [-0.15, -0.1) is 11.3 Å². The Morgan fingerprint density at radius 2 is 1.94 bits per heavy atom. The van der Waals surface area contributed by atoms with Gasteiger partial charge in [-0.1, -0.05) is 11.3 Å². The molecule has 1 aliphatic rings. The minimum Gasteiger partial charge on any atom is -0.486 e. The fraction of sp³-hybridized carbons (Fsp3) is 0.261. The number of ether oxygens (including phenoxy) is 2. The average molecular weight is 485 g/mol. The summed E-state index contributed by atoms with van der Waals surface area (Å²) >= 11 is 2.90. The van der Waals surface area contributed by atoms with Gasteiger partial charge in [0.15, 0.2) is 5.13 Å². The van der Waals surface area contributed by atoms with Crippen molar-refractivity contribution in [1.29, 1.82) is 0 Å². The number of morpholine rings is 1. The molecule has 0 atom stereocenters. The Kier molecular flexibility index (Phi) is 6.21. The van der Waals surface area contributed by atoms with E-state index in [0.717, 1.165) is 28.4 Å². The van der Waals surface area contributed by atoms with Crippen LogP contribution in [-0.2, 0) is 11.3 Å². The van der Waals surface area contributed by atoms with Crippen LogP contribution < -0.4 is 15.0 Å².